The van der Waals surface area contributed by atoms with E-state index in [1.165, 1.54) is 5.56 Å². The molecule has 1 aromatic heterocycles. The van der Waals surface area contributed by atoms with Crippen LogP contribution in [0.2, 0.25) is 0 Å². The van der Waals surface area contributed by atoms with E-state index in [-0.39, 0.29) is 12.1 Å². The van der Waals surface area contributed by atoms with E-state index in [2.05, 4.69) is 32.7 Å². The predicted octanol–water partition coefficient (Wildman–Crippen LogP) is 3.69. The smallest absolute Gasteiger partial charge is 0.407 e. The first kappa shape index (κ1) is 20.9. The maximum atomic E-state index is 12.0. The van der Waals surface area contributed by atoms with Gasteiger partial charge in [-0.05, 0) is 86.8 Å². The number of fused-ring (bicyclic) bond motifs is 1. The minimum atomic E-state index is -0.468. The molecule has 0 spiro atoms. The molecule has 0 bridgehead atoms. The van der Waals surface area contributed by atoms with Gasteiger partial charge in [-0.15, -0.1) is 0 Å². The van der Waals surface area contributed by atoms with Crippen molar-refractivity contribution in [2.45, 2.75) is 64.5 Å². The number of nitrogens with zero attached hydrogens (tertiary/aromatic N) is 3. The second kappa shape index (κ2) is 8.79. The number of benzene rings is 1. The third kappa shape index (κ3) is 5.22. The second-order valence-electron chi connectivity index (χ2n) is 9.40. The molecule has 0 atom stereocenters. The van der Waals surface area contributed by atoms with Crippen LogP contribution < -0.4 is 10.2 Å². The van der Waals surface area contributed by atoms with Gasteiger partial charge < -0.3 is 19.7 Å². The zero-order chi connectivity index (χ0) is 21.1. The summed E-state index contributed by atoms with van der Waals surface area (Å²) < 4.78 is 15.9. The Morgan fingerprint density at radius 1 is 1.17 bits per heavy atom. The molecule has 8 heteroatoms. The number of ether oxygens (including phenoxy) is 2. The highest BCUT2D eigenvalue weighted by Gasteiger charge is 2.26. The van der Waals surface area contributed by atoms with E-state index in [0.717, 1.165) is 75.1 Å². The molecular formula is C22H32N4O4. The highest BCUT2D eigenvalue weighted by atomic mass is 16.6. The Morgan fingerprint density at radius 2 is 1.90 bits per heavy atom. The molecule has 1 N–H and O–H groups in total. The Bertz CT molecular complexity index is 862. The minimum absolute atomic E-state index is 0.185. The number of hydrogen-bond donors (Lipinski definition) is 1. The lowest BCUT2D eigenvalue weighted by Crippen LogP contribution is -2.41. The summed E-state index contributed by atoms with van der Waals surface area (Å²) in [6.07, 6.45) is 4.69. The van der Waals surface area contributed by atoms with Gasteiger partial charge in [0.05, 0.1) is 13.2 Å². The molecule has 1 saturated carbocycles. The fraction of sp³-hybridized carbons (Fsp3) is 0.682. The van der Waals surface area contributed by atoms with E-state index in [1.54, 1.807) is 0 Å². The van der Waals surface area contributed by atoms with Gasteiger partial charge in [0.25, 0.3) is 0 Å². The number of anilines is 1. The number of rotatable bonds is 4. The van der Waals surface area contributed by atoms with Crippen LogP contribution in [0.4, 0.5) is 10.5 Å². The van der Waals surface area contributed by atoms with Crippen LogP contribution in [0.15, 0.2) is 16.8 Å². The van der Waals surface area contributed by atoms with Gasteiger partial charge in [-0.1, -0.05) is 0 Å². The average molecular weight is 417 g/mol. The Hall–Kier alpha value is -2.35. The van der Waals surface area contributed by atoms with Crippen LogP contribution >= 0.6 is 0 Å². The molecule has 0 unspecified atom stereocenters. The molecule has 4 rings (SSSR count). The lowest BCUT2D eigenvalue weighted by Gasteiger charge is -2.31. The number of nitrogens with one attached hydrogen (secondary N) is 1. The monoisotopic (exact) mass is 416 g/mol. The van der Waals surface area contributed by atoms with Crippen molar-refractivity contribution in [3.63, 3.8) is 0 Å². The number of carbonyl (C=O) groups is 1. The predicted molar refractivity (Wildman–Crippen MR) is 114 cm³/mol. The molecule has 1 aliphatic carbocycles. The SMILES string of the molecule is CC(C)(C)OC(=O)NC1CCC(Cc2cc(N3CCOCC3)cc3nonc23)CC1. The van der Waals surface area contributed by atoms with Crippen LogP contribution in [0.5, 0.6) is 0 Å². The molecule has 2 aromatic rings. The standard InChI is InChI=1S/C22H32N4O4/c1-22(2,3)29-21(27)23-17-6-4-15(5-7-17)12-16-13-18(26-8-10-28-11-9-26)14-19-20(16)25-30-24-19/h13-15,17H,4-12H2,1-3H3,(H,23,27). The van der Waals surface area contributed by atoms with Gasteiger partial charge >= 0.3 is 6.09 Å². The molecule has 1 aromatic carbocycles. The van der Waals surface area contributed by atoms with E-state index in [1.807, 2.05) is 20.8 Å². The van der Waals surface area contributed by atoms with Gasteiger partial charge in [0.15, 0.2) is 0 Å². The van der Waals surface area contributed by atoms with Gasteiger partial charge in [0.1, 0.15) is 16.6 Å². The molecule has 1 aliphatic heterocycles. The first-order chi connectivity index (χ1) is 14.4. The summed E-state index contributed by atoms with van der Waals surface area (Å²) in [5.41, 5.74) is 3.56. The van der Waals surface area contributed by atoms with Gasteiger partial charge in [0, 0.05) is 24.8 Å². The van der Waals surface area contributed by atoms with E-state index < -0.39 is 5.60 Å². The van der Waals surface area contributed by atoms with Crippen molar-refractivity contribution >= 4 is 22.8 Å². The summed E-state index contributed by atoms with van der Waals surface area (Å²) in [5.74, 6) is 0.557. The summed E-state index contributed by atoms with van der Waals surface area (Å²) >= 11 is 0. The Labute approximate surface area is 177 Å². The molecule has 2 fully saturated rings. The van der Waals surface area contributed by atoms with Crippen molar-refractivity contribution in [1.29, 1.82) is 0 Å². The molecule has 164 valence electrons. The number of amides is 1. The molecule has 2 heterocycles. The van der Waals surface area contributed by atoms with Crippen molar-refractivity contribution in [3.05, 3.63) is 17.7 Å². The van der Waals surface area contributed by atoms with E-state index >= 15 is 0 Å². The largest absolute Gasteiger partial charge is 0.444 e. The van der Waals surface area contributed by atoms with Crippen LogP contribution in [-0.2, 0) is 15.9 Å². The third-order valence-electron chi connectivity index (χ3n) is 5.88. The van der Waals surface area contributed by atoms with Crippen molar-refractivity contribution in [1.82, 2.24) is 15.6 Å². The van der Waals surface area contributed by atoms with Crippen LogP contribution in [0.1, 0.15) is 52.0 Å². The van der Waals surface area contributed by atoms with Crippen molar-refractivity contribution in [2.75, 3.05) is 31.2 Å². The van der Waals surface area contributed by atoms with Crippen LogP contribution in [0.25, 0.3) is 11.0 Å². The fourth-order valence-electron chi connectivity index (χ4n) is 4.40. The minimum Gasteiger partial charge on any atom is -0.444 e. The van der Waals surface area contributed by atoms with Crippen molar-refractivity contribution in [3.8, 4) is 0 Å². The van der Waals surface area contributed by atoms with Gasteiger partial charge in [-0.25, -0.2) is 9.42 Å². The lowest BCUT2D eigenvalue weighted by molar-refractivity contribution is 0.0487. The third-order valence-corrected chi connectivity index (χ3v) is 5.88. The zero-order valence-electron chi connectivity index (χ0n) is 18.1. The molecule has 2 aliphatic rings. The topological polar surface area (TPSA) is 89.7 Å². The molecule has 30 heavy (non-hydrogen) atoms. The quantitative estimate of drug-likeness (QED) is 0.813. The van der Waals surface area contributed by atoms with Crippen molar-refractivity contribution in [2.24, 2.45) is 5.92 Å². The first-order valence-electron chi connectivity index (χ1n) is 10.9. The van der Waals surface area contributed by atoms with Crippen LogP contribution in [0, 0.1) is 5.92 Å². The molecular weight excluding hydrogens is 384 g/mol. The number of aromatic nitrogens is 2. The van der Waals surface area contributed by atoms with Crippen molar-refractivity contribution < 1.29 is 18.9 Å². The normalized spacial score (nSPS) is 22.8. The Morgan fingerprint density at radius 3 is 2.60 bits per heavy atom. The van der Waals surface area contributed by atoms with Gasteiger partial charge in [0.2, 0.25) is 0 Å². The number of carbonyl (C=O) groups excluding carboxylic acids is 1. The fourth-order valence-corrected chi connectivity index (χ4v) is 4.40. The first-order valence-corrected chi connectivity index (χ1v) is 10.9. The van der Waals surface area contributed by atoms with Crippen LogP contribution in [-0.4, -0.2) is 54.4 Å². The van der Waals surface area contributed by atoms with Gasteiger partial charge in [-0.2, -0.15) is 0 Å². The molecule has 8 nitrogen and oxygen atoms in total. The Balaban J connectivity index is 1.38. The maximum Gasteiger partial charge on any atom is 0.407 e. The second-order valence-corrected chi connectivity index (χ2v) is 9.40. The number of morpholine rings is 1. The van der Waals surface area contributed by atoms with Crippen LogP contribution in [0.3, 0.4) is 0 Å². The summed E-state index contributed by atoms with van der Waals surface area (Å²) in [6, 6.07) is 4.48. The summed E-state index contributed by atoms with van der Waals surface area (Å²) in [7, 11) is 0. The lowest BCUT2D eigenvalue weighted by atomic mass is 9.82. The van der Waals surface area contributed by atoms with Gasteiger partial charge in [-0.3, -0.25) is 0 Å². The molecule has 1 amide bonds. The maximum absolute atomic E-state index is 12.0. The Kier molecular flexibility index (Phi) is 6.13. The molecule has 1 saturated heterocycles. The summed E-state index contributed by atoms with van der Waals surface area (Å²) in [5, 5.41) is 11.3. The summed E-state index contributed by atoms with van der Waals surface area (Å²) in [6.45, 7) is 8.92. The van der Waals surface area contributed by atoms with E-state index in [9.17, 15) is 4.79 Å². The zero-order valence-corrected chi connectivity index (χ0v) is 18.1. The molecule has 0 radical (unpaired) electrons. The van der Waals surface area contributed by atoms with E-state index in [0.29, 0.717) is 5.92 Å². The average Bonchev–Trinajstić information content (AvgIpc) is 3.18. The van der Waals surface area contributed by atoms with E-state index in [4.69, 9.17) is 14.1 Å². The highest BCUT2D eigenvalue weighted by molar-refractivity contribution is 5.82. The summed E-state index contributed by atoms with van der Waals surface area (Å²) in [4.78, 5) is 14.4. The number of alkyl carbamates (subject to hydrolysis) is 1. The highest BCUT2D eigenvalue weighted by Crippen LogP contribution is 2.32. The number of hydrogen-bond acceptors (Lipinski definition) is 7.